The summed E-state index contributed by atoms with van der Waals surface area (Å²) in [6, 6.07) is 0. The second-order valence-electron chi connectivity index (χ2n) is 4.28. The molecule has 2 aromatic heterocycles. The van der Waals surface area contributed by atoms with Gasteiger partial charge in [-0.1, -0.05) is 0 Å². The van der Waals surface area contributed by atoms with Crippen molar-refractivity contribution < 1.29 is 0 Å². The Morgan fingerprint density at radius 1 is 1.21 bits per heavy atom. The van der Waals surface area contributed by atoms with Crippen LogP contribution in [0, 0.1) is 6.92 Å². The zero-order valence-corrected chi connectivity index (χ0v) is 13.2. The number of hydrogen-bond acceptors (Lipinski definition) is 4. The summed E-state index contributed by atoms with van der Waals surface area (Å²) < 4.78 is 2.02. The molecule has 0 saturated carbocycles. The minimum Gasteiger partial charge on any atom is -0.329 e. The van der Waals surface area contributed by atoms with Crippen molar-refractivity contribution in [1.82, 2.24) is 19.5 Å². The molecule has 0 aliphatic heterocycles. The number of fused-ring (bicyclic) bond motifs is 1. The van der Waals surface area contributed by atoms with Crippen molar-refractivity contribution >= 4 is 36.6 Å². The van der Waals surface area contributed by atoms with Gasteiger partial charge in [0.15, 0.2) is 5.16 Å². The van der Waals surface area contributed by atoms with Crippen LogP contribution in [0.3, 0.4) is 0 Å². The van der Waals surface area contributed by atoms with Crippen LogP contribution in [0.4, 0.5) is 0 Å². The van der Waals surface area contributed by atoms with E-state index in [4.69, 9.17) is 0 Å². The maximum absolute atomic E-state index is 4.56. The standard InChI is InChI=1S/C12H14N4S.2ClH/c1-8-14-10-5-3-4-9(10)11(15-8)17-12-13-6-7-16(12)2;;/h6-7H,3-5H2,1-2H3;2*1H. The zero-order valence-electron chi connectivity index (χ0n) is 10.8. The van der Waals surface area contributed by atoms with Gasteiger partial charge in [0.1, 0.15) is 10.9 Å². The average Bonchev–Trinajstić information content (AvgIpc) is 2.88. The van der Waals surface area contributed by atoms with Crippen molar-refractivity contribution in [1.29, 1.82) is 0 Å². The second kappa shape index (κ2) is 6.59. The molecule has 2 aromatic rings. The highest BCUT2D eigenvalue weighted by Crippen LogP contribution is 2.32. The lowest BCUT2D eigenvalue weighted by Gasteiger charge is -2.07. The summed E-state index contributed by atoms with van der Waals surface area (Å²) in [6.07, 6.45) is 7.16. The molecule has 0 atom stereocenters. The van der Waals surface area contributed by atoms with Crippen LogP contribution in [0.5, 0.6) is 0 Å². The van der Waals surface area contributed by atoms with Crippen LogP contribution in [0.15, 0.2) is 22.6 Å². The van der Waals surface area contributed by atoms with Gasteiger partial charge in [0.05, 0.1) is 0 Å². The van der Waals surface area contributed by atoms with Gasteiger partial charge >= 0.3 is 0 Å². The topological polar surface area (TPSA) is 43.6 Å². The van der Waals surface area contributed by atoms with E-state index in [9.17, 15) is 0 Å². The van der Waals surface area contributed by atoms with Crippen LogP contribution >= 0.6 is 36.6 Å². The zero-order chi connectivity index (χ0) is 11.8. The van der Waals surface area contributed by atoms with Crippen molar-refractivity contribution in [3.05, 3.63) is 29.5 Å². The molecule has 1 aliphatic rings. The first-order chi connectivity index (χ1) is 8.24. The van der Waals surface area contributed by atoms with E-state index in [2.05, 4.69) is 15.0 Å². The van der Waals surface area contributed by atoms with Crippen molar-refractivity contribution in [2.75, 3.05) is 0 Å². The molecule has 0 amide bonds. The van der Waals surface area contributed by atoms with E-state index < -0.39 is 0 Å². The van der Waals surface area contributed by atoms with E-state index in [0.717, 1.165) is 28.8 Å². The normalized spacial score (nSPS) is 12.5. The number of aryl methyl sites for hydroxylation is 3. The van der Waals surface area contributed by atoms with Crippen LogP contribution in [-0.4, -0.2) is 19.5 Å². The molecule has 0 spiro atoms. The lowest BCUT2D eigenvalue weighted by molar-refractivity contribution is 0.785. The highest BCUT2D eigenvalue weighted by Gasteiger charge is 2.19. The quantitative estimate of drug-likeness (QED) is 0.798. The van der Waals surface area contributed by atoms with E-state index in [1.807, 2.05) is 30.9 Å². The van der Waals surface area contributed by atoms with Crippen LogP contribution in [-0.2, 0) is 19.9 Å². The highest BCUT2D eigenvalue weighted by atomic mass is 35.5. The molecule has 2 heterocycles. The van der Waals surface area contributed by atoms with Crippen LogP contribution < -0.4 is 0 Å². The van der Waals surface area contributed by atoms with Gasteiger partial charge < -0.3 is 4.57 Å². The predicted molar refractivity (Wildman–Crippen MR) is 80.6 cm³/mol. The number of nitrogens with zero attached hydrogens (tertiary/aromatic N) is 4. The fraction of sp³-hybridized carbons (Fsp3) is 0.417. The number of hydrogen-bond donors (Lipinski definition) is 0. The Kier molecular flexibility index (Phi) is 5.64. The van der Waals surface area contributed by atoms with Crippen LogP contribution in [0.25, 0.3) is 0 Å². The van der Waals surface area contributed by atoms with E-state index in [1.165, 1.54) is 17.7 Å². The summed E-state index contributed by atoms with van der Waals surface area (Å²) in [6.45, 7) is 1.96. The summed E-state index contributed by atoms with van der Waals surface area (Å²) in [5, 5.41) is 2.07. The van der Waals surface area contributed by atoms with Crippen molar-refractivity contribution in [2.45, 2.75) is 36.4 Å². The maximum atomic E-state index is 4.56. The first-order valence-electron chi connectivity index (χ1n) is 5.75. The third-order valence-electron chi connectivity index (χ3n) is 2.97. The highest BCUT2D eigenvalue weighted by molar-refractivity contribution is 7.99. The van der Waals surface area contributed by atoms with E-state index in [0.29, 0.717) is 0 Å². The van der Waals surface area contributed by atoms with Gasteiger partial charge in [-0.15, -0.1) is 24.8 Å². The van der Waals surface area contributed by atoms with Gasteiger partial charge in [0.25, 0.3) is 0 Å². The first-order valence-corrected chi connectivity index (χ1v) is 6.57. The predicted octanol–water partition coefficient (Wildman–Crippen LogP) is 3.00. The Balaban J connectivity index is 0.000000902. The largest absolute Gasteiger partial charge is 0.329 e. The lowest BCUT2D eigenvalue weighted by atomic mass is 10.3. The van der Waals surface area contributed by atoms with E-state index in [-0.39, 0.29) is 24.8 Å². The minimum absolute atomic E-state index is 0. The molecule has 0 saturated heterocycles. The molecule has 4 nitrogen and oxygen atoms in total. The molecule has 0 radical (unpaired) electrons. The molecule has 7 heteroatoms. The summed E-state index contributed by atoms with van der Waals surface area (Å²) in [5.41, 5.74) is 2.55. The Morgan fingerprint density at radius 2 is 2.00 bits per heavy atom. The Bertz CT molecular complexity index is 571. The smallest absolute Gasteiger partial charge is 0.174 e. The molecular weight excluding hydrogens is 303 g/mol. The Labute approximate surface area is 129 Å². The molecule has 104 valence electrons. The first kappa shape index (κ1) is 16.3. The summed E-state index contributed by atoms with van der Waals surface area (Å²) in [7, 11) is 2.00. The van der Waals surface area contributed by atoms with E-state index >= 15 is 0 Å². The van der Waals surface area contributed by atoms with Crippen LogP contribution in [0.2, 0.25) is 0 Å². The number of halogens is 2. The van der Waals surface area contributed by atoms with Gasteiger partial charge in [0, 0.05) is 30.7 Å². The van der Waals surface area contributed by atoms with E-state index in [1.54, 1.807) is 11.8 Å². The molecule has 1 aliphatic carbocycles. The molecule has 19 heavy (non-hydrogen) atoms. The lowest BCUT2D eigenvalue weighted by Crippen LogP contribution is -2.00. The van der Waals surface area contributed by atoms with Crippen LogP contribution in [0.1, 0.15) is 23.5 Å². The number of rotatable bonds is 2. The summed E-state index contributed by atoms with van der Waals surface area (Å²) >= 11 is 1.64. The van der Waals surface area contributed by atoms with Gasteiger partial charge in [-0.3, -0.25) is 0 Å². The molecule has 0 unspecified atom stereocenters. The van der Waals surface area contributed by atoms with Gasteiger partial charge in [-0.2, -0.15) is 0 Å². The SMILES string of the molecule is Cc1nc2c(c(Sc3nccn3C)n1)CCC2.Cl.Cl. The number of aromatic nitrogens is 4. The number of imidazole rings is 1. The molecule has 3 rings (SSSR count). The summed E-state index contributed by atoms with van der Waals surface area (Å²) in [5.74, 6) is 0.863. The average molecular weight is 319 g/mol. The van der Waals surface area contributed by atoms with Gasteiger partial charge in [-0.05, 0) is 37.9 Å². The summed E-state index contributed by atoms with van der Waals surface area (Å²) in [4.78, 5) is 13.4. The maximum Gasteiger partial charge on any atom is 0.174 e. The van der Waals surface area contributed by atoms with Crippen molar-refractivity contribution in [3.8, 4) is 0 Å². The van der Waals surface area contributed by atoms with Gasteiger partial charge in [-0.25, -0.2) is 15.0 Å². The molecule has 0 fully saturated rings. The Morgan fingerprint density at radius 3 is 2.68 bits per heavy atom. The monoisotopic (exact) mass is 318 g/mol. The van der Waals surface area contributed by atoms with Crippen molar-refractivity contribution in [3.63, 3.8) is 0 Å². The Hall–Kier alpha value is -0.780. The van der Waals surface area contributed by atoms with Crippen molar-refractivity contribution in [2.24, 2.45) is 7.05 Å². The molecular formula is C12H16Cl2N4S. The fourth-order valence-corrected chi connectivity index (χ4v) is 3.15. The fourth-order valence-electron chi connectivity index (χ4n) is 2.14. The minimum atomic E-state index is 0. The molecule has 0 aromatic carbocycles. The molecule has 0 bridgehead atoms. The third-order valence-corrected chi connectivity index (χ3v) is 4.08. The third kappa shape index (κ3) is 3.22. The molecule has 0 N–H and O–H groups in total. The van der Waals surface area contributed by atoms with Gasteiger partial charge in [0.2, 0.25) is 0 Å². The second-order valence-corrected chi connectivity index (χ2v) is 5.23.